The van der Waals surface area contributed by atoms with Gasteiger partial charge < -0.3 is 37.3 Å². The average molecular weight is 454 g/mol. The molecular formula is C14H32BCl3N4O5. The van der Waals surface area contributed by atoms with Crippen molar-refractivity contribution in [2.75, 3.05) is 19.6 Å². The molecule has 0 aromatic rings. The summed E-state index contributed by atoms with van der Waals surface area (Å²) in [6.45, 7) is 0.757. The number of amides is 1. The molecule has 0 aliphatic carbocycles. The van der Waals surface area contributed by atoms with Crippen molar-refractivity contribution in [2.45, 2.75) is 50.0 Å². The van der Waals surface area contributed by atoms with Crippen LogP contribution in [-0.4, -0.2) is 70.3 Å². The van der Waals surface area contributed by atoms with E-state index in [1.165, 1.54) is 4.90 Å². The Hall–Kier alpha value is -0.325. The maximum atomic E-state index is 12.5. The highest BCUT2D eigenvalue weighted by atomic mass is 35.5. The predicted molar refractivity (Wildman–Crippen MR) is 111 cm³/mol. The third-order valence-electron chi connectivity index (χ3n) is 4.46. The van der Waals surface area contributed by atoms with E-state index in [1.807, 2.05) is 0 Å². The van der Waals surface area contributed by atoms with E-state index in [0.29, 0.717) is 25.9 Å². The molecule has 1 aliphatic heterocycles. The summed E-state index contributed by atoms with van der Waals surface area (Å²) in [6, 6.07) is -0.711. The van der Waals surface area contributed by atoms with Gasteiger partial charge in [-0.3, -0.25) is 9.59 Å². The van der Waals surface area contributed by atoms with Gasteiger partial charge in [0.05, 0.1) is 6.04 Å². The minimum atomic E-state index is -1.55. The largest absolute Gasteiger partial charge is 0.480 e. The molecule has 0 radical (unpaired) electrons. The maximum absolute atomic E-state index is 12.5. The molecule has 9 N–H and O–H groups in total. The second-order valence-electron chi connectivity index (χ2n) is 6.70. The molecule has 27 heavy (non-hydrogen) atoms. The zero-order chi connectivity index (χ0) is 18.3. The number of piperidine rings is 1. The van der Waals surface area contributed by atoms with Crippen LogP contribution in [0.1, 0.15) is 32.1 Å². The van der Waals surface area contributed by atoms with Gasteiger partial charge in [-0.15, -0.1) is 37.2 Å². The number of carbonyl (C=O) groups excluding carboxylic acids is 1. The normalized spacial score (nSPS) is 22.6. The van der Waals surface area contributed by atoms with Crippen molar-refractivity contribution in [3.05, 3.63) is 0 Å². The fourth-order valence-corrected chi connectivity index (χ4v) is 3.13. The van der Waals surface area contributed by atoms with Gasteiger partial charge in [0.2, 0.25) is 5.91 Å². The molecule has 0 aromatic heterocycles. The Labute approximate surface area is 178 Å². The van der Waals surface area contributed by atoms with Gasteiger partial charge in [-0.05, 0) is 38.0 Å². The number of rotatable bonds is 9. The van der Waals surface area contributed by atoms with Gasteiger partial charge in [0, 0.05) is 13.1 Å². The van der Waals surface area contributed by atoms with Crippen molar-refractivity contribution in [2.24, 2.45) is 23.1 Å². The summed E-state index contributed by atoms with van der Waals surface area (Å²) in [5, 5.41) is 27.4. The first kappa shape index (κ1) is 31.4. The minimum Gasteiger partial charge on any atom is -0.480 e. The van der Waals surface area contributed by atoms with Crippen molar-refractivity contribution < 1.29 is 24.7 Å². The number of halogens is 3. The fourth-order valence-electron chi connectivity index (χ4n) is 3.13. The number of unbranched alkanes of at least 4 members (excludes halogenated alkanes) is 1. The van der Waals surface area contributed by atoms with E-state index in [2.05, 4.69) is 0 Å². The van der Waals surface area contributed by atoms with Crippen molar-refractivity contribution in [3.63, 3.8) is 0 Å². The molecular weight excluding hydrogens is 421 g/mol. The van der Waals surface area contributed by atoms with E-state index >= 15 is 0 Å². The molecule has 3 atom stereocenters. The van der Waals surface area contributed by atoms with Crippen LogP contribution in [0.25, 0.3) is 0 Å². The molecule has 1 rings (SSSR count). The van der Waals surface area contributed by atoms with Crippen molar-refractivity contribution in [1.82, 2.24) is 4.90 Å². The Kier molecular flexibility index (Phi) is 17.0. The number of carboxylic acids is 1. The highest BCUT2D eigenvalue weighted by molar-refractivity contribution is 6.40. The van der Waals surface area contributed by atoms with Gasteiger partial charge in [-0.2, -0.15) is 0 Å². The van der Waals surface area contributed by atoms with E-state index < -0.39 is 24.7 Å². The summed E-state index contributed by atoms with van der Waals surface area (Å²) in [4.78, 5) is 25.4. The van der Waals surface area contributed by atoms with Gasteiger partial charge in [0.1, 0.15) is 5.54 Å². The van der Waals surface area contributed by atoms with E-state index in [9.17, 15) is 14.7 Å². The Morgan fingerprint density at radius 3 is 2.30 bits per heavy atom. The first-order valence-electron chi connectivity index (χ1n) is 8.32. The van der Waals surface area contributed by atoms with Gasteiger partial charge in [-0.25, -0.2) is 0 Å². The van der Waals surface area contributed by atoms with Crippen LogP contribution in [0.2, 0.25) is 6.32 Å². The van der Waals surface area contributed by atoms with Gasteiger partial charge in [0.15, 0.2) is 0 Å². The minimum absolute atomic E-state index is 0. The Balaban J connectivity index is -0.00000192. The lowest BCUT2D eigenvalue weighted by molar-refractivity contribution is -0.149. The van der Waals surface area contributed by atoms with Crippen LogP contribution in [0.3, 0.4) is 0 Å². The number of nitrogens with two attached hydrogens (primary N) is 3. The van der Waals surface area contributed by atoms with Gasteiger partial charge in [-0.1, -0.05) is 12.8 Å². The molecule has 1 saturated heterocycles. The molecule has 1 fully saturated rings. The standard InChI is InChI=1S/C14H29BN4O5.3ClH/c16-6-2-1-3-11(17)12(20)19-8-10(4-5-15(23)24)7-14(18,9-19)13(21)22;;;/h10-11,23-24H,1-9,16-18H2,(H,21,22);3*1H/t10-,11?,14+;;;/m0.../s1. The molecule has 1 aliphatic rings. The zero-order valence-electron chi connectivity index (χ0n) is 15.2. The van der Waals surface area contributed by atoms with Gasteiger partial charge >= 0.3 is 13.1 Å². The lowest BCUT2D eigenvalue weighted by Gasteiger charge is -2.42. The molecule has 0 bridgehead atoms. The summed E-state index contributed by atoms with van der Waals surface area (Å²) in [5.74, 6) is -1.72. The topological polar surface area (TPSA) is 176 Å². The quantitative estimate of drug-likeness (QED) is 0.194. The number of hydrogen-bond acceptors (Lipinski definition) is 7. The SMILES string of the molecule is Cl.Cl.Cl.NCCCCC(N)C(=O)N1C[C@@H](CCB(O)O)C[C@](N)(C(=O)O)C1. The Morgan fingerprint density at radius 1 is 1.22 bits per heavy atom. The third-order valence-corrected chi connectivity index (χ3v) is 4.46. The van der Waals surface area contributed by atoms with Crippen LogP contribution in [0.15, 0.2) is 0 Å². The van der Waals surface area contributed by atoms with Crippen LogP contribution in [-0.2, 0) is 9.59 Å². The van der Waals surface area contributed by atoms with Crippen LogP contribution >= 0.6 is 37.2 Å². The fraction of sp³-hybridized carbons (Fsp3) is 0.857. The molecule has 0 saturated carbocycles. The number of aliphatic carboxylic acids is 1. The lowest BCUT2D eigenvalue weighted by Crippen LogP contribution is -2.64. The monoisotopic (exact) mass is 452 g/mol. The average Bonchev–Trinajstić information content (AvgIpc) is 2.51. The predicted octanol–water partition coefficient (Wildman–Crippen LogP) is -0.798. The molecule has 1 heterocycles. The van der Waals surface area contributed by atoms with E-state index in [4.69, 9.17) is 27.2 Å². The smallest absolute Gasteiger partial charge is 0.451 e. The summed E-state index contributed by atoms with van der Waals surface area (Å²) in [6.07, 6.45) is 2.64. The number of carbonyl (C=O) groups is 2. The highest BCUT2D eigenvalue weighted by Gasteiger charge is 2.44. The molecule has 162 valence electrons. The first-order valence-corrected chi connectivity index (χ1v) is 8.32. The Bertz CT molecular complexity index is 453. The number of carboxylic acid groups (broad SMARTS) is 1. The molecule has 1 unspecified atom stereocenters. The third kappa shape index (κ3) is 10.1. The van der Waals surface area contributed by atoms with Crippen LogP contribution in [0.4, 0.5) is 0 Å². The molecule has 0 spiro atoms. The van der Waals surface area contributed by atoms with E-state index in [1.54, 1.807) is 0 Å². The van der Waals surface area contributed by atoms with E-state index in [0.717, 1.165) is 12.8 Å². The molecule has 13 heteroatoms. The maximum Gasteiger partial charge on any atom is 0.451 e. The van der Waals surface area contributed by atoms with Crippen LogP contribution in [0, 0.1) is 5.92 Å². The first-order chi connectivity index (χ1) is 11.2. The highest BCUT2D eigenvalue weighted by Crippen LogP contribution is 2.28. The number of hydrogen-bond donors (Lipinski definition) is 6. The second-order valence-corrected chi connectivity index (χ2v) is 6.70. The number of nitrogens with zero attached hydrogens (tertiary/aromatic N) is 1. The summed E-state index contributed by atoms with van der Waals surface area (Å²) in [7, 11) is -1.47. The van der Waals surface area contributed by atoms with Crippen LogP contribution < -0.4 is 17.2 Å². The van der Waals surface area contributed by atoms with Crippen molar-refractivity contribution in [1.29, 1.82) is 0 Å². The van der Waals surface area contributed by atoms with Crippen molar-refractivity contribution in [3.8, 4) is 0 Å². The lowest BCUT2D eigenvalue weighted by atomic mass is 9.75. The summed E-state index contributed by atoms with van der Waals surface area (Å²) >= 11 is 0. The van der Waals surface area contributed by atoms with Crippen LogP contribution in [0.5, 0.6) is 0 Å². The zero-order valence-corrected chi connectivity index (χ0v) is 17.6. The summed E-state index contributed by atoms with van der Waals surface area (Å²) < 4.78 is 0. The molecule has 9 nitrogen and oxygen atoms in total. The van der Waals surface area contributed by atoms with Gasteiger partial charge in [0.25, 0.3) is 0 Å². The molecule has 0 aromatic carbocycles. The Morgan fingerprint density at radius 2 is 1.81 bits per heavy atom. The second kappa shape index (κ2) is 14.6. The van der Waals surface area contributed by atoms with E-state index in [-0.39, 0.29) is 68.3 Å². The summed E-state index contributed by atoms with van der Waals surface area (Å²) in [5.41, 5.74) is 15.8. The van der Waals surface area contributed by atoms with Crippen molar-refractivity contribution >= 4 is 56.2 Å². The number of likely N-dealkylation sites (tertiary alicyclic amines) is 1. The molecule has 1 amide bonds.